The van der Waals surface area contributed by atoms with Gasteiger partial charge in [0.05, 0.1) is 34.2 Å². The third-order valence-electron chi connectivity index (χ3n) is 5.80. The van der Waals surface area contributed by atoms with Gasteiger partial charge in [-0.3, -0.25) is 19.2 Å². The average molecular weight is 466 g/mol. The van der Waals surface area contributed by atoms with Crippen molar-refractivity contribution in [1.29, 1.82) is 0 Å². The number of nitrogens with zero attached hydrogens (tertiary/aromatic N) is 3. The summed E-state index contributed by atoms with van der Waals surface area (Å²) < 4.78 is 33.1. The average Bonchev–Trinajstić information content (AvgIpc) is 2.79. The molecule has 11 heteroatoms. The van der Waals surface area contributed by atoms with Crippen molar-refractivity contribution in [3.8, 4) is 0 Å². The molecule has 1 aliphatic rings. The Balaban J connectivity index is 1.76. The summed E-state index contributed by atoms with van der Waals surface area (Å²) in [4.78, 5) is 50.1. The maximum absolute atomic E-state index is 12.9. The van der Waals surface area contributed by atoms with E-state index in [4.69, 9.17) is 4.74 Å². The summed E-state index contributed by atoms with van der Waals surface area (Å²) in [6.07, 6.45) is 1.07. The van der Waals surface area contributed by atoms with Gasteiger partial charge in [0.2, 0.25) is 5.91 Å². The van der Waals surface area contributed by atoms with E-state index in [-0.39, 0.29) is 36.3 Å². The molecule has 1 saturated heterocycles. The molecule has 0 saturated carbocycles. The second-order valence-electron chi connectivity index (χ2n) is 7.88. The quantitative estimate of drug-likeness (QED) is 0.441. The van der Waals surface area contributed by atoms with Crippen LogP contribution >= 0.6 is 0 Å². The summed E-state index contributed by atoms with van der Waals surface area (Å²) in [5, 5.41) is 0. The monoisotopic (exact) mass is 465 g/mol. The summed E-state index contributed by atoms with van der Waals surface area (Å²) >= 11 is 0. The lowest BCUT2D eigenvalue weighted by Crippen LogP contribution is -2.43. The van der Waals surface area contributed by atoms with E-state index in [2.05, 4.69) is 0 Å². The molecule has 2 aromatic rings. The molecule has 0 unspecified atom stereocenters. The van der Waals surface area contributed by atoms with Crippen LogP contribution in [0.25, 0.3) is 11.0 Å². The van der Waals surface area contributed by atoms with Crippen molar-refractivity contribution in [2.45, 2.75) is 31.1 Å². The van der Waals surface area contributed by atoms with Gasteiger partial charge in [-0.05, 0) is 38.0 Å². The molecule has 2 heterocycles. The lowest BCUT2D eigenvalue weighted by molar-refractivity contribution is -0.151. The molecule has 1 fully saturated rings. The highest BCUT2D eigenvalue weighted by Crippen LogP contribution is 2.21. The Morgan fingerprint density at radius 3 is 2.41 bits per heavy atom. The van der Waals surface area contributed by atoms with Gasteiger partial charge in [0.25, 0.3) is 0 Å². The number of rotatable bonds is 6. The van der Waals surface area contributed by atoms with Crippen molar-refractivity contribution in [2.24, 2.45) is 20.0 Å². The van der Waals surface area contributed by atoms with Gasteiger partial charge in [-0.2, -0.15) is 0 Å². The van der Waals surface area contributed by atoms with Crippen LogP contribution < -0.4 is 11.1 Å². The molecule has 0 bridgehead atoms. The van der Waals surface area contributed by atoms with Gasteiger partial charge >= 0.3 is 17.1 Å². The minimum Gasteiger partial charge on any atom is -0.466 e. The predicted molar refractivity (Wildman–Crippen MR) is 117 cm³/mol. The highest BCUT2D eigenvalue weighted by Gasteiger charge is 2.30. The smallest absolute Gasteiger partial charge is 0.316 e. The summed E-state index contributed by atoms with van der Waals surface area (Å²) in [6.45, 7) is 2.69. The van der Waals surface area contributed by atoms with Crippen LogP contribution in [0.4, 0.5) is 0 Å². The summed E-state index contributed by atoms with van der Waals surface area (Å²) in [5.41, 5.74) is -0.738. The first kappa shape index (κ1) is 23.7. The number of esters is 1. The lowest BCUT2D eigenvalue weighted by atomic mass is 9.98. The number of piperidine rings is 1. The molecule has 32 heavy (non-hydrogen) atoms. The fourth-order valence-corrected chi connectivity index (χ4v) is 5.15. The number of ether oxygens (including phenoxy) is 1. The minimum atomic E-state index is -3.82. The summed E-state index contributed by atoms with van der Waals surface area (Å²) in [7, 11) is -0.968. The van der Waals surface area contributed by atoms with E-state index in [9.17, 15) is 27.6 Å². The Morgan fingerprint density at radius 2 is 1.75 bits per heavy atom. The van der Waals surface area contributed by atoms with Crippen molar-refractivity contribution in [2.75, 3.05) is 25.4 Å². The molecular formula is C21H27N3O7S. The van der Waals surface area contributed by atoms with E-state index in [0.29, 0.717) is 30.4 Å². The molecule has 174 valence electrons. The third-order valence-corrected chi connectivity index (χ3v) is 7.51. The molecule has 10 nitrogen and oxygen atoms in total. The highest BCUT2D eigenvalue weighted by molar-refractivity contribution is 7.91. The Morgan fingerprint density at radius 1 is 1.09 bits per heavy atom. The van der Waals surface area contributed by atoms with Crippen LogP contribution in [0.3, 0.4) is 0 Å². The van der Waals surface area contributed by atoms with Gasteiger partial charge in [-0.1, -0.05) is 0 Å². The Labute approximate surface area is 185 Å². The van der Waals surface area contributed by atoms with Gasteiger partial charge in [-0.15, -0.1) is 0 Å². The van der Waals surface area contributed by atoms with E-state index in [1.54, 1.807) is 6.92 Å². The van der Waals surface area contributed by atoms with E-state index >= 15 is 0 Å². The Kier molecular flexibility index (Phi) is 6.87. The Hall–Kier alpha value is -2.95. The highest BCUT2D eigenvalue weighted by atomic mass is 32.2. The van der Waals surface area contributed by atoms with E-state index in [1.807, 2.05) is 0 Å². The standard InChI is InChI=1S/C21H27N3O7S/c1-4-31-21(28)14-6-5-10-24(13-14)18(25)9-11-32(29,30)15-7-8-16-17(12-15)23(3)20(27)19(26)22(16)2/h7-8,12,14H,4-6,9-11,13H2,1-3H3/t14-/m0/s1. The zero-order valence-electron chi connectivity index (χ0n) is 18.4. The number of aryl methyl sites for hydroxylation is 2. The van der Waals surface area contributed by atoms with Gasteiger partial charge in [-0.25, -0.2) is 8.42 Å². The number of amides is 1. The first-order valence-corrected chi connectivity index (χ1v) is 12.1. The molecule has 1 aliphatic heterocycles. The first-order valence-electron chi connectivity index (χ1n) is 10.4. The first-order chi connectivity index (χ1) is 15.1. The maximum Gasteiger partial charge on any atom is 0.316 e. The zero-order chi connectivity index (χ0) is 23.6. The van der Waals surface area contributed by atoms with E-state index in [0.717, 1.165) is 4.57 Å². The number of likely N-dealkylation sites (tertiary alicyclic amines) is 1. The van der Waals surface area contributed by atoms with Gasteiger partial charge in [0.1, 0.15) is 0 Å². The predicted octanol–water partition coefficient (Wildman–Crippen LogP) is 0.203. The van der Waals surface area contributed by atoms with Crippen LogP contribution in [-0.4, -0.2) is 59.8 Å². The maximum atomic E-state index is 12.9. The van der Waals surface area contributed by atoms with E-state index < -0.39 is 32.6 Å². The fourth-order valence-electron chi connectivity index (χ4n) is 3.91. The molecule has 0 N–H and O–H groups in total. The third kappa shape index (κ3) is 4.62. The van der Waals surface area contributed by atoms with E-state index in [1.165, 1.54) is 41.8 Å². The molecule has 3 rings (SSSR count). The van der Waals surface area contributed by atoms with Crippen molar-refractivity contribution in [1.82, 2.24) is 14.0 Å². The number of aromatic nitrogens is 2. The second-order valence-corrected chi connectivity index (χ2v) is 9.99. The summed E-state index contributed by atoms with van der Waals surface area (Å²) in [5.74, 6) is -1.47. The second kappa shape index (κ2) is 9.27. The topological polar surface area (TPSA) is 125 Å². The number of benzene rings is 1. The normalized spacial score (nSPS) is 16.8. The molecule has 1 aromatic carbocycles. The van der Waals surface area contributed by atoms with Gasteiger partial charge in [0, 0.05) is 33.6 Å². The SMILES string of the molecule is CCOC(=O)[C@H]1CCCN(C(=O)CCS(=O)(=O)c2ccc3c(c2)n(C)c(=O)c(=O)n3C)C1. The number of sulfone groups is 1. The van der Waals surface area contributed by atoms with Crippen LogP contribution in [0.2, 0.25) is 0 Å². The van der Waals surface area contributed by atoms with Crippen LogP contribution in [0, 0.1) is 5.92 Å². The molecule has 1 aromatic heterocycles. The molecule has 1 atom stereocenters. The summed E-state index contributed by atoms with van der Waals surface area (Å²) in [6, 6.07) is 4.18. The number of carbonyl (C=O) groups is 2. The molecule has 1 amide bonds. The number of carbonyl (C=O) groups excluding carboxylic acids is 2. The van der Waals surface area contributed by atoms with Crippen molar-refractivity contribution in [3.05, 3.63) is 38.9 Å². The number of hydrogen-bond acceptors (Lipinski definition) is 7. The van der Waals surface area contributed by atoms with Crippen LogP contribution in [0.15, 0.2) is 32.7 Å². The molecule has 0 aliphatic carbocycles. The number of fused-ring (bicyclic) bond motifs is 1. The largest absolute Gasteiger partial charge is 0.466 e. The lowest BCUT2D eigenvalue weighted by Gasteiger charge is -2.31. The van der Waals surface area contributed by atoms with Crippen molar-refractivity contribution >= 4 is 32.7 Å². The van der Waals surface area contributed by atoms with Crippen LogP contribution in [0.1, 0.15) is 26.2 Å². The van der Waals surface area contributed by atoms with Crippen LogP contribution in [0.5, 0.6) is 0 Å². The molecule has 0 spiro atoms. The minimum absolute atomic E-state index is 0.0329. The molecule has 0 radical (unpaired) electrons. The zero-order valence-corrected chi connectivity index (χ0v) is 19.2. The fraction of sp³-hybridized carbons (Fsp3) is 0.524. The van der Waals surface area contributed by atoms with Gasteiger partial charge < -0.3 is 18.8 Å². The number of hydrogen-bond donors (Lipinski definition) is 0. The van der Waals surface area contributed by atoms with Crippen molar-refractivity contribution < 1.29 is 22.7 Å². The molecular weight excluding hydrogens is 438 g/mol. The Bertz CT molecular complexity index is 1280. The van der Waals surface area contributed by atoms with Gasteiger partial charge in [0.15, 0.2) is 9.84 Å². The van der Waals surface area contributed by atoms with Crippen LogP contribution in [-0.2, 0) is 38.3 Å². The van der Waals surface area contributed by atoms with Crippen molar-refractivity contribution in [3.63, 3.8) is 0 Å².